The van der Waals surface area contributed by atoms with Crippen LogP contribution in [-0.2, 0) is 14.9 Å². The van der Waals surface area contributed by atoms with Crippen molar-refractivity contribution in [2.75, 3.05) is 26.9 Å². The predicted molar refractivity (Wildman–Crippen MR) is 139 cm³/mol. The van der Waals surface area contributed by atoms with E-state index in [-0.39, 0.29) is 16.8 Å². The molecule has 1 fully saturated rings. The second-order valence-electron chi connectivity index (χ2n) is 9.57. The van der Waals surface area contributed by atoms with Gasteiger partial charge < -0.3 is 19.1 Å². The van der Waals surface area contributed by atoms with Gasteiger partial charge in [-0.25, -0.2) is 9.18 Å². The zero-order chi connectivity index (χ0) is 25.6. The van der Waals surface area contributed by atoms with Crippen molar-refractivity contribution in [3.8, 4) is 16.8 Å². The van der Waals surface area contributed by atoms with Gasteiger partial charge in [-0.3, -0.25) is 5.10 Å². The fourth-order valence-electron chi connectivity index (χ4n) is 5.64. The highest BCUT2D eigenvalue weighted by Crippen LogP contribution is 2.47. The number of carboxylic acids is 1. The topological polar surface area (TPSA) is 89.4 Å². The molecule has 2 aromatic heterocycles. The second-order valence-corrected chi connectivity index (χ2v) is 9.57. The van der Waals surface area contributed by atoms with Gasteiger partial charge >= 0.3 is 5.97 Å². The van der Waals surface area contributed by atoms with Crippen LogP contribution in [0.25, 0.3) is 38.6 Å². The number of carboxylic acid groups (broad SMARTS) is 1. The van der Waals surface area contributed by atoms with Crippen LogP contribution in [0.3, 0.4) is 0 Å². The Balaban J connectivity index is 1.76. The van der Waals surface area contributed by atoms with Crippen molar-refractivity contribution in [2.45, 2.75) is 18.3 Å². The molecule has 0 bridgehead atoms. The van der Waals surface area contributed by atoms with Gasteiger partial charge in [-0.2, -0.15) is 5.10 Å². The number of halogens is 1. The molecule has 3 aromatic carbocycles. The van der Waals surface area contributed by atoms with Crippen LogP contribution in [0.15, 0.2) is 66.9 Å². The van der Waals surface area contributed by atoms with Gasteiger partial charge in [0.2, 0.25) is 0 Å². The number of rotatable bonds is 6. The second kappa shape index (κ2) is 9.14. The Morgan fingerprint density at radius 2 is 1.86 bits per heavy atom. The fraction of sp³-hybridized carbons (Fsp3) is 0.241. The minimum absolute atomic E-state index is 0.223. The number of benzene rings is 3. The number of hydrogen-bond donors (Lipinski definition) is 2. The van der Waals surface area contributed by atoms with Gasteiger partial charge in [0.1, 0.15) is 5.82 Å². The van der Waals surface area contributed by atoms with Gasteiger partial charge in [0.25, 0.3) is 0 Å². The van der Waals surface area contributed by atoms with E-state index in [1.54, 1.807) is 37.6 Å². The molecule has 0 saturated carbocycles. The molecule has 37 heavy (non-hydrogen) atoms. The van der Waals surface area contributed by atoms with Gasteiger partial charge in [-0.1, -0.05) is 12.1 Å². The van der Waals surface area contributed by atoms with Crippen molar-refractivity contribution in [1.29, 1.82) is 0 Å². The molecule has 0 spiro atoms. The Bertz CT molecular complexity index is 1590. The van der Waals surface area contributed by atoms with Gasteiger partial charge in [-0.15, -0.1) is 0 Å². The average molecular weight is 500 g/mol. The first-order valence-electron chi connectivity index (χ1n) is 12.2. The minimum Gasteiger partial charge on any atom is -0.478 e. The number of H-pyrrole nitrogens is 1. The van der Waals surface area contributed by atoms with Crippen LogP contribution in [0.1, 0.15) is 28.9 Å². The van der Waals surface area contributed by atoms with Crippen molar-refractivity contribution in [3.63, 3.8) is 0 Å². The molecule has 7 nitrogen and oxygen atoms in total. The van der Waals surface area contributed by atoms with E-state index < -0.39 is 5.97 Å². The lowest BCUT2D eigenvalue weighted by molar-refractivity contribution is 0.0116. The van der Waals surface area contributed by atoms with Gasteiger partial charge in [0.05, 0.1) is 29.4 Å². The number of aromatic amines is 1. The molecule has 1 saturated heterocycles. The summed E-state index contributed by atoms with van der Waals surface area (Å²) >= 11 is 0. The summed E-state index contributed by atoms with van der Waals surface area (Å²) in [6.07, 6.45) is 3.28. The molecule has 0 radical (unpaired) electrons. The maximum Gasteiger partial charge on any atom is 0.335 e. The third-order valence-electron chi connectivity index (χ3n) is 7.41. The average Bonchev–Trinajstić information content (AvgIpc) is 3.51. The predicted octanol–water partition coefficient (Wildman–Crippen LogP) is 5.71. The van der Waals surface area contributed by atoms with Gasteiger partial charge in [0.15, 0.2) is 0 Å². The zero-order valence-corrected chi connectivity index (χ0v) is 20.3. The number of nitrogens with one attached hydrogen (secondary N) is 1. The van der Waals surface area contributed by atoms with E-state index in [1.165, 1.54) is 12.1 Å². The highest BCUT2D eigenvalue weighted by Gasteiger charge is 2.41. The molecule has 1 aliphatic rings. The highest BCUT2D eigenvalue weighted by atomic mass is 19.1. The van der Waals surface area contributed by atoms with Crippen LogP contribution in [0.5, 0.6) is 0 Å². The van der Waals surface area contributed by atoms with E-state index in [0.29, 0.717) is 19.8 Å². The summed E-state index contributed by atoms with van der Waals surface area (Å²) in [5.74, 6) is -1.28. The number of carbonyl (C=O) groups is 1. The van der Waals surface area contributed by atoms with E-state index in [4.69, 9.17) is 9.47 Å². The first kappa shape index (κ1) is 23.4. The highest BCUT2D eigenvalue weighted by molar-refractivity contribution is 6.06. The number of hydrogen-bond acceptors (Lipinski definition) is 4. The number of aromatic carboxylic acids is 1. The minimum atomic E-state index is -0.972. The summed E-state index contributed by atoms with van der Waals surface area (Å²) in [5, 5.41) is 18.7. The largest absolute Gasteiger partial charge is 0.478 e. The summed E-state index contributed by atoms with van der Waals surface area (Å²) in [6.45, 7) is 1.67. The lowest BCUT2D eigenvalue weighted by Crippen LogP contribution is -2.40. The van der Waals surface area contributed by atoms with E-state index in [2.05, 4.69) is 26.9 Å². The molecule has 5 aromatic rings. The Morgan fingerprint density at radius 1 is 1.14 bits per heavy atom. The van der Waals surface area contributed by atoms with Crippen molar-refractivity contribution in [1.82, 2.24) is 14.8 Å². The summed E-state index contributed by atoms with van der Waals surface area (Å²) in [6, 6.07) is 17.7. The fourth-order valence-corrected chi connectivity index (χ4v) is 5.64. The Kier molecular flexibility index (Phi) is 5.78. The molecule has 188 valence electrons. The van der Waals surface area contributed by atoms with Crippen LogP contribution in [0, 0.1) is 5.82 Å². The number of fused-ring (bicyclic) bond motifs is 2. The number of aromatic nitrogens is 3. The summed E-state index contributed by atoms with van der Waals surface area (Å²) in [4.78, 5) is 11.6. The van der Waals surface area contributed by atoms with E-state index >= 15 is 0 Å². The third kappa shape index (κ3) is 3.89. The van der Waals surface area contributed by atoms with E-state index in [9.17, 15) is 14.3 Å². The molecule has 1 aliphatic heterocycles. The Morgan fingerprint density at radius 3 is 2.54 bits per heavy atom. The molecule has 0 atom stereocenters. The van der Waals surface area contributed by atoms with Crippen LogP contribution in [0.2, 0.25) is 0 Å². The standard InChI is InChI=1S/C29H26FN3O4/c1-36-17-29(10-12-37-13-11-29)27-26(18-2-4-19(5-3-18)28(34)35)23-15-24-20(16-31-32-24)14-25(23)33(27)22-8-6-21(30)7-9-22/h2-9,14-16H,10-13,17H2,1H3,(H,31,32)(H,34,35). The first-order chi connectivity index (χ1) is 18.0. The normalized spacial score (nSPS) is 15.4. The Hall–Kier alpha value is -4.01. The number of methoxy groups -OCH3 is 1. The maximum atomic E-state index is 14.0. The van der Waals surface area contributed by atoms with E-state index in [0.717, 1.165) is 57.2 Å². The van der Waals surface area contributed by atoms with E-state index in [1.807, 2.05) is 12.1 Å². The third-order valence-corrected chi connectivity index (χ3v) is 7.41. The van der Waals surface area contributed by atoms with Crippen molar-refractivity contribution in [2.24, 2.45) is 0 Å². The van der Waals surface area contributed by atoms with Crippen LogP contribution in [0.4, 0.5) is 4.39 Å². The molecular weight excluding hydrogens is 473 g/mol. The molecule has 0 amide bonds. The molecular formula is C29H26FN3O4. The quantitative estimate of drug-likeness (QED) is 0.313. The number of ether oxygens (including phenoxy) is 2. The lowest BCUT2D eigenvalue weighted by atomic mass is 9.75. The van der Waals surface area contributed by atoms with Crippen LogP contribution in [-0.4, -0.2) is 52.8 Å². The lowest BCUT2D eigenvalue weighted by Gasteiger charge is -2.38. The van der Waals surface area contributed by atoms with Crippen LogP contribution >= 0.6 is 0 Å². The molecule has 2 N–H and O–H groups in total. The summed E-state index contributed by atoms with van der Waals surface area (Å²) < 4.78 is 27.8. The first-order valence-corrected chi connectivity index (χ1v) is 12.2. The summed E-state index contributed by atoms with van der Waals surface area (Å²) in [5.41, 5.74) is 5.45. The smallest absolute Gasteiger partial charge is 0.335 e. The molecule has 0 aliphatic carbocycles. The Labute approximate surface area is 212 Å². The number of nitrogens with zero attached hydrogens (tertiary/aromatic N) is 2. The van der Waals surface area contributed by atoms with Crippen molar-refractivity contribution < 1.29 is 23.8 Å². The SMILES string of the molecule is COCC1(c2c(-c3ccc(C(=O)O)cc3)c3cc4[nH]ncc4cc3n2-c2ccc(F)cc2)CCOCC1. The molecule has 3 heterocycles. The van der Waals surface area contributed by atoms with Gasteiger partial charge in [-0.05, 0) is 66.9 Å². The zero-order valence-electron chi connectivity index (χ0n) is 20.3. The van der Waals surface area contributed by atoms with Gasteiger partial charge in [0, 0.05) is 53.5 Å². The summed E-state index contributed by atoms with van der Waals surface area (Å²) in [7, 11) is 1.71. The maximum absolute atomic E-state index is 14.0. The van der Waals surface area contributed by atoms with Crippen molar-refractivity contribution >= 4 is 27.8 Å². The molecule has 0 unspecified atom stereocenters. The van der Waals surface area contributed by atoms with Crippen LogP contribution < -0.4 is 0 Å². The van der Waals surface area contributed by atoms with Crippen molar-refractivity contribution in [3.05, 3.63) is 83.9 Å². The monoisotopic (exact) mass is 499 g/mol. The molecule has 6 rings (SSSR count). The molecule has 8 heteroatoms.